The van der Waals surface area contributed by atoms with Gasteiger partial charge in [-0.1, -0.05) is 6.07 Å². The number of benzene rings is 2. The smallest absolute Gasteiger partial charge is 0.254 e. The Kier molecular flexibility index (Phi) is 4.64. The number of hydrogen-bond acceptors (Lipinski definition) is 5. The second-order valence-corrected chi connectivity index (χ2v) is 7.01. The molecule has 0 spiro atoms. The maximum absolute atomic E-state index is 13.9. The lowest BCUT2D eigenvalue weighted by Crippen LogP contribution is -2.55. The van der Waals surface area contributed by atoms with E-state index in [4.69, 9.17) is 0 Å². The zero-order valence-corrected chi connectivity index (χ0v) is 15.0. The fourth-order valence-electron chi connectivity index (χ4n) is 3.77. The van der Waals surface area contributed by atoms with Gasteiger partial charge in [0.1, 0.15) is 17.8 Å². The molecule has 0 aromatic heterocycles. The number of amides is 2. The molecule has 1 saturated heterocycles. The van der Waals surface area contributed by atoms with Gasteiger partial charge in [0.15, 0.2) is 0 Å². The number of anilines is 1. The maximum atomic E-state index is 13.9. The molecule has 4 rings (SSSR count). The molecule has 2 aromatic rings. The van der Waals surface area contributed by atoms with Gasteiger partial charge in [0.25, 0.3) is 5.91 Å². The molecule has 0 radical (unpaired) electrons. The highest BCUT2D eigenvalue weighted by atomic mass is 19.1. The first-order valence-corrected chi connectivity index (χ1v) is 9.05. The van der Waals surface area contributed by atoms with Crippen molar-refractivity contribution < 1.29 is 24.2 Å². The van der Waals surface area contributed by atoms with Gasteiger partial charge in [-0.25, -0.2) is 4.39 Å². The highest BCUT2D eigenvalue weighted by molar-refractivity contribution is 6.00. The second kappa shape index (κ2) is 7.12. The van der Waals surface area contributed by atoms with Gasteiger partial charge in [-0.3, -0.25) is 9.59 Å². The van der Waals surface area contributed by atoms with Crippen molar-refractivity contribution in [2.75, 3.05) is 5.32 Å². The van der Waals surface area contributed by atoms with E-state index in [0.29, 0.717) is 23.2 Å². The van der Waals surface area contributed by atoms with Crippen molar-refractivity contribution in [3.8, 4) is 5.75 Å². The molecule has 7 nitrogen and oxygen atoms in total. The standard InChI is InChI=1S/C20H20FN3O4/c21-15-5-4-12(25)8-11(15)9-22-16-3-1-2-13-14(16)10-24(20(13)28)17-6-7-18(26)23-19(17)27/h1-5,8,17,19,22,25,27H,6-7,9-10H2,(H,23,26). The molecule has 8 heteroatoms. The number of fused-ring (bicyclic) bond motifs is 1. The topological polar surface area (TPSA) is 102 Å². The number of nitrogens with zero attached hydrogens (tertiary/aromatic N) is 1. The molecule has 0 bridgehead atoms. The van der Waals surface area contributed by atoms with Crippen LogP contribution in [-0.2, 0) is 17.9 Å². The number of nitrogens with one attached hydrogen (secondary N) is 2. The third kappa shape index (κ3) is 3.27. The van der Waals surface area contributed by atoms with Gasteiger partial charge >= 0.3 is 0 Å². The van der Waals surface area contributed by atoms with Crippen LogP contribution in [0.15, 0.2) is 36.4 Å². The summed E-state index contributed by atoms with van der Waals surface area (Å²) in [6.07, 6.45) is -0.453. The van der Waals surface area contributed by atoms with E-state index >= 15 is 0 Å². The van der Waals surface area contributed by atoms with Crippen LogP contribution in [0.4, 0.5) is 10.1 Å². The van der Waals surface area contributed by atoms with E-state index in [0.717, 1.165) is 5.56 Å². The number of aromatic hydroxyl groups is 1. The Morgan fingerprint density at radius 1 is 1.25 bits per heavy atom. The maximum Gasteiger partial charge on any atom is 0.254 e. The molecule has 0 saturated carbocycles. The third-order valence-electron chi connectivity index (χ3n) is 5.24. The van der Waals surface area contributed by atoms with Crippen LogP contribution in [0.2, 0.25) is 0 Å². The van der Waals surface area contributed by atoms with Crippen LogP contribution in [-0.4, -0.2) is 39.2 Å². The number of piperidine rings is 1. The van der Waals surface area contributed by atoms with E-state index in [9.17, 15) is 24.2 Å². The molecule has 146 valence electrons. The van der Waals surface area contributed by atoms with Crippen molar-refractivity contribution in [2.45, 2.75) is 38.2 Å². The number of aliphatic hydroxyl groups excluding tert-OH is 1. The molecule has 2 aliphatic heterocycles. The molecular formula is C20H20FN3O4. The number of phenols is 1. The molecule has 2 aromatic carbocycles. The summed E-state index contributed by atoms with van der Waals surface area (Å²) in [6, 6.07) is 8.59. The van der Waals surface area contributed by atoms with Crippen LogP contribution in [0, 0.1) is 5.82 Å². The van der Waals surface area contributed by atoms with E-state index in [1.807, 2.05) is 0 Å². The van der Waals surface area contributed by atoms with E-state index in [2.05, 4.69) is 10.6 Å². The molecule has 1 fully saturated rings. The first kappa shape index (κ1) is 18.2. The number of phenolic OH excluding ortho intramolecular Hbond substituents is 1. The van der Waals surface area contributed by atoms with Crippen LogP contribution in [0.5, 0.6) is 5.75 Å². The first-order chi connectivity index (χ1) is 13.4. The predicted octanol–water partition coefficient (Wildman–Crippen LogP) is 1.70. The normalized spacial score (nSPS) is 21.4. The van der Waals surface area contributed by atoms with Crippen molar-refractivity contribution >= 4 is 17.5 Å². The summed E-state index contributed by atoms with van der Waals surface area (Å²) >= 11 is 0. The van der Waals surface area contributed by atoms with Gasteiger partial charge in [0.05, 0.1) is 6.04 Å². The van der Waals surface area contributed by atoms with Crippen molar-refractivity contribution in [1.29, 1.82) is 0 Å². The van der Waals surface area contributed by atoms with Crippen molar-refractivity contribution in [1.82, 2.24) is 10.2 Å². The minimum atomic E-state index is -1.10. The number of rotatable bonds is 4. The number of hydrogen-bond donors (Lipinski definition) is 4. The van der Waals surface area contributed by atoms with E-state index < -0.39 is 18.1 Å². The van der Waals surface area contributed by atoms with Crippen LogP contribution >= 0.6 is 0 Å². The van der Waals surface area contributed by atoms with Gasteiger partial charge in [0.2, 0.25) is 5.91 Å². The van der Waals surface area contributed by atoms with Crippen LogP contribution < -0.4 is 10.6 Å². The molecule has 4 N–H and O–H groups in total. The monoisotopic (exact) mass is 385 g/mol. The third-order valence-corrected chi connectivity index (χ3v) is 5.24. The quantitative estimate of drug-likeness (QED) is 0.642. The summed E-state index contributed by atoms with van der Waals surface area (Å²) in [7, 11) is 0. The predicted molar refractivity (Wildman–Crippen MR) is 98.9 cm³/mol. The summed E-state index contributed by atoms with van der Waals surface area (Å²) in [5.74, 6) is -0.895. The van der Waals surface area contributed by atoms with Gasteiger partial charge < -0.3 is 25.7 Å². The minimum absolute atomic E-state index is 0.0221. The van der Waals surface area contributed by atoms with Crippen molar-refractivity contribution in [3.63, 3.8) is 0 Å². The number of halogens is 1. The average molecular weight is 385 g/mol. The Bertz CT molecular complexity index is 949. The highest BCUT2D eigenvalue weighted by Crippen LogP contribution is 2.33. The van der Waals surface area contributed by atoms with Crippen LogP contribution in [0.25, 0.3) is 0 Å². The molecule has 28 heavy (non-hydrogen) atoms. The SMILES string of the molecule is O=C1CCC(N2Cc3c(NCc4cc(O)ccc4F)cccc3C2=O)C(O)N1. The molecule has 2 heterocycles. The summed E-state index contributed by atoms with van der Waals surface area (Å²) in [6.45, 7) is 0.435. The Hall–Kier alpha value is -3.13. The van der Waals surface area contributed by atoms with Crippen molar-refractivity contribution in [3.05, 3.63) is 58.9 Å². The summed E-state index contributed by atoms with van der Waals surface area (Å²) in [5, 5.41) is 25.3. The lowest BCUT2D eigenvalue weighted by molar-refractivity contribution is -0.129. The molecule has 2 atom stereocenters. The van der Waals surface area contributed by atoms with Crippen LogP contribution in [0.1, 0.15) is 34.3 Å². The van der Waals surface area contributed by atoms with E-state index in [1.165, 1.54) is 18.2 Å². The fourth-order valence-corrected chi connectivity index (χ4v) is 3.77. The Labute approximate surface area is 160 Å². The first-order valence-electron chi connectivity index (χ1n) is 9.05. The Morgan fingerprint density at radius 3 is 2.86 bits per heavy atom. The van der Waals surface area contributed by atoms with Gasteiger partial charge in [-0.15, -0.1) is 0 Å². The Balaban J connectivity index is 1.54. The molecular weight excluding hydrogens is 365 g/mol. The van der Waals surface area contributed by atoms with E-state index in [-0.39, 0.29) is 37.1 Å². The van der Waals surface area contributed by atoms with Crippen molar-refractivity contribution in [2.24, 2.45) is 0 Å². The largest absolute Gasteiger partial charge is 0.508 e. The number of carbonyl (C=O) groups excluding carboxylic acids is 2. The molecule has 2 aliphatic rings. The summed E-state index contributed by atoms with van der Waals surface area (Å²) in [4.78, 5) is 25.8. The minimum Gasteiger partial charge on any atom is -0.508 e. The highest BCUT2D eigenvalue weighted by Gasteiger charge is 2.39. The van der Waals surface area contributed by atoms with Gasteiger partial charge in [-0.05, 0) is 36.8 Å². The average Bonchev–Trinajstić information content (AvgIpc) is 3.00. The van der Waals surface area contributed by atoms with Crippen LogP contribution in [0.3, 0.4) is 0 Å². The summed E-state index contributed by atoms with van der Waals surface area (Å²) < 4.78 is 13.9. The lowest BCUT2D eigenvalue weighted by atomic mass is 10.0. The number of aliphatic hydroxyl groups is 1. The lowest BCUT2D eigenvalue weighted by Gasteiger charge is -2.35. The van der Waals surface area contributed by atoms with Gasteiger partial charge in [0, 0.05) is 41.9 Å². The molecule has 2 unspecified atom stereocenters. The summed E-state index contributed by atoms with van der Waals surface area (Å²) in [5.41, 5.74) is 2.28. The van der Waals surface area contributed by atoms with E-state index in [1.54, 1.807) is 23.1 Å². The molecule has 2 amide bonds. The molecule has 0 aliphatic carbocycles. The second-order valence-electron chi connectivity index (χ2n) is 7.01. The Morgan fingerprint density at radius 2 is 2.07 bits per heavy atom. The fraction of sp³-hybridized carbons (Fsp3) is 0.300. The zero-order chi connectivity index (χ0) is 19.8. The number of carbonyl (C=O) groups is 2. The zero-order valence-electron chi connectivity index (χ0n) is 15.0. The van der Waals surface area contributed by atoms with Gasteiger partial charge in [-0.2, -0.15) is 0 Å².